The molecule has 88 valence electrons. The number of benzene rings is 1. The molecule has 0 aliphatic carbocycles. The topological polar surface area (TPSA) is 87.0 Å². The van der Waals surface area contributed by atoms with Gasteiger partial charge >= 0.3 is 0 Å². The predicted molar refractivity (Wildman–Crippen MR) is 58.1 cm³/mol. The van der Waals surface area contributed by atoms with Gasteiger partial charge in [0.05, 0.1) is 10.6 Å². The number of halogens is 1. The summed E-state index contributed by atoms with van der Waals surface area (Å²) in [6.45, 7) is 0.226. The largest absolute Gasteiger partial charge is 0.325 e. The molecule has 1 heterocycles. The molecular weight excluding hydrogens is 227 g/mol. The first-order chi connectivity index (χ1) is 8.11. The third kappa shape index (κ3) is 2.13. The van der Waals surface area contributed by atoms with Crippen molar-refractivity contribution in [3.05, 3.63) is 52.1 Å². The Labute approximate surface area is 95.6 Å². The zero-order valence-corrected chi connectivity index (χ0v) is 8.71. The van der Waals surface area contributed by atoms with E-state index in [-0.39, 0.29) is 17.9 Å². The van der Waals surface area contributed by atoms with Crippen LogP contribution in [0.2, 0.25) is 0 Å². The van der Waals surface area contributed by atoms with E-state index in [1.54, 1.807) is 6.07 Å². The minimum atomic E-state index is -0.587. The number of rotatable bonds is 3. The van der Waals surface area contributed by atoms with Crippen molar-refractivity contribution >= 4 is 5.69 Å². The Morgan fingerprint density at radius 3 is 2.82 bits per heavy atom. The zero-order valence-electron chi connectivity index (χ0n) is 8.71. The van der Waals surface area contributed by atoms with E-state index in [0.717, 1.165) is 18.2 Å². The number of nitrogens with two attached hydrogens (primary N) is 1. The fourth-order valence-corrected chi connectivity index (χ4v) is 1.39. The highest BCUT2D eigenvalue weighted by Crippen LogP contribution is 2.19. The Balaban J connectivity index is 2.49. The van der Waals surface area contributed by atoms with E-state index in [0.29, 0.717) is 5.69 Å². The van der Waals surface area contributed by atoms with Crippen molar-refractivity contribution in [2.24, 2.45) is 5.73 Å². The van der Waals surface area contributed by atoms with Gasteiger partial charge in [0.25, 0.3) is 5.69 Å². The summed E-state index contributed by atoms with van der Waals surface area (Å²) in [5.74, 6) is -0.581. The van der Waals surface area contributed by atoms with Crippen LogP contribution in [0.3, 0.4) is 0 Å². The van der Waals surface area contributed by atoms with E-state index in [2.05, 4.69) is 5.10 Å². The van der Waals surface area contributed by atoms with Crippen LogP contribution in [0.15, 0.2) is 30.5 Å². The highest BCUT2D eigenvalue weighted by atomic mass is 19.1. The molecule has 0 atom stereocenters. The second-order valence-electron chi connectivity index (χ2n) is 3.35. The minimum Gasteiger partial charge on any atom is -0.325 e. The summed E-state index contributed by atoms with van der Waals surface area (Å²) in [7, 11) is 0. The third-order valence-electron chi connectivity index (χ3n) is 2.24. The van der Waals surface area contributed by atoms with Gasteiger partial charge in [-0.1, -0.05) is 0 Å². The van der Waals surface area contributed by atoms with Crippen LogP contribution in [-0.4, -0.2) is 14.7 Å². The summed E-state index contributed by atoms with van der Waals surface area (Å²) >= 11 is 0. The maximum Gasteiger partial charge on any atom is 0.271 e. The second-order valence-corrected chi connectivity index (χ2v) is 3.35. The first-order valence-electron chi connectivity index (χ1n) is 4.80. The highest BCUT2D eigenvalue weighted by Gasteiger charge is 2.12. The van der Waals surface area contributed by atoms with Crippen molar-refractivity contribution in [3.8, 4) is 5.69 Å². The minimum absolute atomic E-state index is 0.0268. The van der Waals surface area contributed by atoms with Crippen LogP contribution in [0.25, 0.3) is 5.69 Å². The van der Waals surface area contributed by atoms with Gasteiger partial charge in [-0.3, -0.25) is 10.1 Å². The molecule has 2 N–H and O–H groups in total. The van der Waals surface area contributed by atoms with Crippen molar-refractivity contribution in [2.45, 2.75) is 6.54 Å². The average molecular weight is 236 g/mol. The standard InChI is InChI=1S/C10H9FN4O2/c11-9-2-1-8(15(16)17)5-10(9)14-4-3-7(6-12)13-14/h1-5H,6,12H2. The van der Waals surface area contributed by atoms with Crippen LogP contribution in [-0.2, 0) is 6.54 Å². The van der Waals surface area contributed by atoms with Crippen LogP contribution in [0.4, 0.5) is 10.1 Å². The molecule has 0 fully saturated rings. The van der Waals surface area contributed by atoms with Crippen LogP contribution in [0.1, 0.15) is 5.69 Å². The lowest BCUT2D eigenvalue weighted by Gasteiger charge is -2.02. The van der Waals surface area contributed by atoms with Gasteiger partial charge in [0.1, 0.15) is 11.5 Å². The molecule has 0 saturated heterocycles. The van der Waals surface area contributed by atoms with Crippen molar-refractivity contribution in [1.29, 1.82) is 0 Å². The molecule has 0 spiro atoms. The summed E-state index contributed by atoms with van der Waals surface area (Å²) in [6, 6.07) is 4.89. The monoisotopic (exact) mass is 236 g/mol. The molecule has 2 aromatic rings. The molecule has 0 radical (unpaired) electrons. The number of aromatic nitrogens is 2. The van der Waals surface area contributed by atoms with Crippen molar-refractivity contribution in [3.63, 3.8) is 0 Å². The summed E-state index contributed by atoms with van der Waals surface area (Å²) in [5.41, 5.74) is 5.80. The van der Waals surface area contributed by atoms with E-state index >= 15 is 0 Å². The predicted octanol–water partition coefficient (Wildman–Crippen LogP) is 1.38. The lowest BCUT2D eigenvalue weighted by Crippen LogP contribution is -2.03. The number of hydrogen-bond donors (Lipinski definition) is 1. The van der Waals surface area contributed by atoms with Gasteiger partial charge in [0.15, 0.2) is 0 Å². The first kappa shape index (κ1) is 11.2. The van der Waals surface area contributed by atoms with Gasteiger partial charge < -0.3 is 5.73 Å². The molecule has 7 heteroatoms. The van der Waals surface area contributed by atoms with Crippen molar-refractivity contribution in [1.82, 2.24) is 9.78 Å². The maximum atomic E-state index is 13.5. The van der Waals surface area contributed by atoms with E-state index in [1.165, 1.54) is 10.9 Å². The van der Waals surface area contributed by atoms with Gasteiger partial charge in [-0.2, -0.15) is 5.10 Å². The van der Waals surface area contributed by atoms with E-state index in [1.807, 2.05) is 0 Å². The first-order valence-corrected chi connectivity index (χ1v) is 4.80. The van der Waals surface area contributed by atoms with Gasteiger partial charge in [-0.05, 0) is 12.1 Å². The van der Waals surface area contributed by atoms with E-state index < -0.39 is 10.7 Å². The average Bonchev–Trinajstić information content (AvgIpc) is 2.77. The molecule has 0 unspecified atom stereocenters. The highest BCUT2D eigenvalue weighted by molar-refractivity contribution is 5.43. The number of hydrogen-bond acceptors (Lipinski definition) is 4. The quantitative estimate of drug-likeness (QED) is 0.644. The SMILES string of the molecule is NCc1ccn(-c2cc([N+](=O)[O-])ccc2F)n1. The molecule has 0 saturated carbocycles. The Morgan fingerprint density at radius 2 is 2.24 bits per heavy atom. The van der Waals surface area contributed by atoms with Crippen molar-refractivity contribution in [2.75, 3.05) is 0 Å². The lowest BCUT2D eigenvalue weighted by atomic mass is 10.2. The Hall–Kier alpha value is -2.28. The summed E-state index contributed by atoms with van der Waals surface area (Å²) in [6.07, 6.45) is 1.50. The zero-order chi connectivity index (χ0) is 12.4. The van der Waals surface area contributed by atoms with Crippen LogP contribution < -0.4 is 5.73 Å². The van der Waals surface area contributed by atoms with Gasteiger partial charge in [0.2, 0.25) is 0 Å². The van der Waals surface area contributed by atoms with Gasteiger partial charge in [0, 0.05) is 24.9 Å². The normalized spacial score (nSPS) is 10.5. The fraction of sp³-hybridized carbons (Fsp3) is 0.100. The second kappa shape index (κ2) is 4.30. The molecule has 0 bridgehead atoms. The van der Waals surface area contributed by atoms with Crippen LogP contribution in [0.5, 0.6) is 0 Å². The summed E-state index contributed by atoms with van der Waals surface area (Å²) in [5, 5.41) is 14.6. The summed E-state index contributed by atoms with van der Waals surface area (Å²) < 4.78 is 14.7. The molecule has 6 nitrogen and oxygen atoms in total. The van der Waals surface area contributed by atoms with Crippen LogP contribution in [0, 0.1) is 15.9 Å². The number of non-ortho nitro benzene ring substituents is 1. The number of nitrogens with zero attached hydrogens (tertiary/aromatic N) is 3. The van der Waals surface area contributed by atoms with Gasteiger partial charge in [-0.15, -0.1) is 0 Å². The Morgan fingerprint density at radius 1 is 1.47 bits per heavy atom. The van der Waals surface area contributed by atoms with Crippen molar-refractivity contribution < 1.29 is 9.31 Å². The Bertz CT molecular complexity index is 567. The third-order valence-corrected chi connectivity index (χ3v) is 2.24. The van der Waals surface area contributed by atoms with E-state index in [9.17, 15) is 14.5 Å². The van der Waals surface area contributed by atoms with Crippen LogP contribution >= 0.6 is 0 Å². The molecular formula is C10H9FN4O2. The maximum absolute atomic E-state index is 13.5. The smallest absolute Gasteiger partial charge is 0.271 e. The Kier molecular flexibility index (Phi) is 2.84. The molecule has 0 aliphatic rings. The molecule has 17 heavy (non-hydrogen) atoms. The lowest BCUT2D eigenvalue weighted by molar-refractivity contribution is -0.384. The van der Waals surface area contributed by atoms with Gasteiger partial charge in [-0.25, -0.2) is 9.07 Å². The number of nitro benzene ring substituents is 1. The molecule has 0 amide bonds. The van der Waals surface area contributed by atoms with E-state index in [4.69, 9.17) is 5.73 Å². The molecule has 1 aromatic heterocycles. The fourth-order valence-electron chi connectivity index (χ4n) is 1.39. The molecule has 2 rings (SSSR count). The molecule has 0 aliphatic heterocycles. The molecule has 1 aromatic carbocycles. The number of nitro groups is 1. The summed E-state index contributed by atoms with van der Waals surface area (Å²) in [4.78, 5) is 10.0.